The summed E-state index contributed by atoms with van der Waals surface area (Å²) in [5, 5.41) is 8.80. The first-order valence-electron chi connectivity index (χ1n) is 7.26. The molecule has 3 rings (SSSR count). The molecule has 0 saturated carbocycles. The molecular weight excluding hydrogens is 310 g/mol. The largest absolute Gasteiger partial charge is 0.372 e. The number of amides is 2. The zero-order chi connectivity index (χ0) is 16.2. The van der Waals surface area contributed by atoms with E-state index in [4.69, 9.17) is 0 Å². The Hall–Kier alpha value is -2.47. The Bertz CT molecular complexity index is 748. The molecule has 0 spiro atoms. The van der Waals surface area contributed by atoms with Crippen molar-refractivity contribution < 1.29 is 9.59 Å². The fraction of sp³-hybridized carbons (Fsp3) is 0.176. The molecule has 1 aliphatic heterocycles. The minimum Gasteiger partial charge on any atom is -0.372 e. The first-order valence-corrected chi connectivity index (χ1v) is 8.49. The molecule has 3 N–H and O–H groups in total. The van der Waals surface area contributed by atoms with Crippen LogP contribution in [0.1, 0.15) is 6.42 Å². The number of hydrogen-bond acceptors (Lipinski definition) is 4. The van der Waals surface area contributed by atoms with E-state index in [1.807, 2.05) is 54.8 Å². The molecule has 2 aromatic carbocycles. The summed E-state index contributed by atoms with van der Waals surface area (Å²) in [6.07, 6.45) is 2.03. The lowest BCUT2D eigenvalue weighted by Gasteiger charge is -2.26. The monoisotopic (exact) mass is 327 g/mol. The van der Waals surface area contributed by atoms with Crippen LogP contribution < -0.4 is 16.0 Å². The third kappa shape index (κ3) is 3.48. The molecule has 1 heterocycles. The summed E-state index contributed by atoms with van der Waals surface area (Å²) in [5.41, 5.74) is 2.33. The predicted molar refractivity (Wildman–Crippen MR) is 94.0 cm³/mol. The van der Waals surface area contributed by atoms with E-state index in [1.54, 1.807) is 11.8 Å². The summed E-state index contributed by atoms with van der Waals surface area (Å²) >= 11 is 1.57. The molecule has 1 aliphatic rings. The quantitative estimate of drug-likeness (QED) is 0.755. The van der Waals surface area contributed by atoms with Crippen molar-refractivity contribution in [3.8, 4) is 0 Å². The minimum atomic E-state index is -0.577. The number of carbonyl (C=O) groups is 2. The van der Waals surface area contributed by atoms with E-state index in [2.05, 4.69) is 16.0 Å². The van der Waals surface area contributed by atoms with Crippen LogP contribution >= 0.6 is 11.8 Å². The molecule has 0 bridgehead atoms. The van der Waals surface area contributed by atoms with Gasteiger partial charge in [0.1, 0.15) is 6.04 Å². The van der Waals surface area contributed by atoms with Crippen LogP contribution in [-0.2, 0) is 9.59 Å². The van der Waals surface area contributed by atoms with Crippen LogP contribution in [0.15, 0.2) is 53.4 Å². The third-order valence-electron chi connectivity index (χ3n) is 3.60. The van der Waals surface area contributed by atoms with Gasteiger partial charge in [0, 0.05) is 4.90 Å². The van der Waals surface area contributed by atoms with Gasteiger partial charge in [-0.2, -0.15) is 0 Å². The second-order valence-electron chi connectivity index (χ2n) is 5.18. The SMILES string of the molecule is CSc1ccccc1NC(=O)CC1Nc2ccccc2NC1=O. The topological polar surface area (TPSA) is 70.2 Å². The Morgan fingerprint density at radius 2 is 1.83 bits per heavy atom. The second-order valence-corrected chi connectivity index (χ2v) is 6.03. The Morgan fingerprint density at radius 3 is 2.61 bits per heavy atom. The van der Waals surface area contributed by atoms with Gasteiger partial charge in [0.2, 0.25) is 11.8 Å². The molecule has 1 atom stereocenters. The zero-order valence-corrected chi connectivity index (χ0v) is 13.4. The highest BCUT2D eigenvalue weighted by molar-refractivity contribution is 7.98. The Morgan fingerprint density at radius 1 is 1.13 bits per heavy atom. The smallest absolute Gasteiger partial charge is 0.247 e. The third-order valence-corrected chi connectivity index (χ3v) is 4.40. The number of benzene rings is 2. The summed E-state index contributed by atoms with van der Waals surface area (Å²) in [5.74, 6) is -0.393. The van der Waals surface area contributed by atoms with Crippen molar-refractivity contribution in [2.75, 3.05) is 22.2 Å². The Kier molecular flexibility index (Phi) is 4.52. The summed E-state index contributed by atoms with van der Waals surface area (Å²) < 4.78 is 0. The summed E-state index contributed by atoms with van der Waals surface area (Å²) in [4.78, 5) is 25.4. The van der Waals surface area contributed by atoms with Crippen molar-refractivity contribution >= 4 is 40.6 Å². The average molecular weight is 327 g/mol. The van der Waals surface area contributed by atoms with Crippen LogP contribution in [-0.4, -0.2) is 24.1 Å². The summed E-state index contributed by atoms with van der Waals surface area (Å²) in [6.45, 7) is 0. The Labute approximate surface area is 138 Å². The highest BCUT2D eigenvalue weighted by Crippen LogP contribution is 2.28. The van der Waals surface area contributed by atoms with Gasteiger partial charge in [-0.25, -0.2) is 0 Å². The van der Waals surface area contributed by atoms with E-state index in [-0.39, 0.29) is 18.2 Å². The molecule has 0 fully saturated rings. The van der Waals surface area contributed by atoms with Gasteiger partial charge in [0.15, 0.2) is 0 Å². The molecule has 6 heteroatoms. The maximum Gasteiger partial charge on any atom is 0.247 e. The number of anilines is 3. The van der Waals surface area contributed by atoms with Gasteiger partial charge in [-0.3, -0.25) is 9.59 Å². The molecule has 1 unspecified atom stereocenters. The number of fused-ring (bicyclic) bond motifs is 1. The number of para-hydroxylation sites is 3. The Balaban J connectivity index is 1.68. The molecule has 0 saturated heterocycles. The fourth-order valence-corrected chi connectivity index (χ4v) is 3.02. The van der Waals surface area contributed by atoms with E-state index < -0.39 is 6.04 Å². The van der Waals surface area contributed by atoms with E-state index in [9.17, 15) is 9.59 Å². The number of carbonyl (C=O) groups excluding carboxylic acids is 2. The van der Waals surface area contributed by atoms with Gasteiger partial charge < -0.3 is 16.0 Å². The van der Waals surface area contributed by atoms with Crippen molar-refractivity contribution in [3.05, 3.63) is 48.5 Å². The number of hydrogen-bond donors (Lipinski definition) is 3. The van der Waals surface area contributed by atoms with Gasteiger partial charge in [-0.15, -0.1) is 11.8 Å². The molecule has 0 radical (unpaired) electrons. The van der Waals surface area contributed by atoms with E-state index in [0.29, 0.717) is 0 Å². The summed E-state index contributed by atoms with van der Waals surface area (Å²) in [7, 11) is 0. The number of thioether (sulfide) groups is 1. The second kappa shape index (κ2) is 6.75. The van der Waals surface area contributed by atoms with Crippen molar-refractivity contribution in [1.82, 2.24) is 0 Å². The zero-order valence-electron chi connectivity index (χ0n) is 12.6. The fourth-order valence-electron chi connectivity index (χ4n) is 2.47. The van der Waals surface area contributed by atoms with Crippen LogP contribution in [0.3, 0.4) is 0 Å². The lowest BCUT2D eigenvalue weighted by atomic mass is 10.1. The van der Waals surface area contributed by atoms with Crippen molar-refractivity contribution in [2.24, 2.45) is 0 Å². The first kappa shape index (κ1) is 15.4. The van der Waals surface area contributed by atoms with Gasteiger partial charge in [0.25, 0.3) is 0 Å². The molecule has 2 aromatic rings. The lowest BCUT2D eigenvalue weighted by molar-refractivity contribution is -0.122. The summed E-state index contributed by atoms with van der Waals surface area (Å²) in [6, 6.07) is 14.5. The van der Waals surface area contributed by atoms with E-state index >= 15 is 0 Å². The number of rotatable bonds is 4. The molecule has 118 valence electrons. The number of nitrogens with one attached hydrogen (secondary N) is 3. The molecule has 0 aromatic heterocycles. The maximum absolute atomic E-state index is 12.3. The minimum absolute atomic E-state index is 0.0723. The normalized spacial score (nSPS) is 16.0. The standard InChI is InChI=1S/C17H17N3O2S/c1-23-15-9-5-4-8-13(15)19-16(21)10-14-17(22)20-12-7-3-2-6-11(12)18-14/h2-9,14,18H,10H2,1H3,(H,19,21)(H,20,22). The highest BCUT2D eigenvalue weighted by Gasteiger charge is 2.27. The van der Waals surface area contributed by atoms with Crippen LogP contribution in [0.5, 0.6) is 0 Å². The average Bonchev–Trinajstić information content (AvgIpc) is 2.56. The van der Waals surface area contributed by atoms with E-state index in [1.165, 1.54) is 0 Å². The first-order chi connectivity index (χ1) is 11.2. The van der Waals surface area contributed by atoms with Crippen molar-refractivity contribution in [3.63, 3.8) is 0 Å². The highest BCUT2D eigenvalue weighted by atomic mass is 32.2. The van der Waals surface area contributed by atoms with Crippen LogP contribution in [0.25, 0.3) is 0 Å². The van der Waals surface area contributed by atoms with Crippen LogP contribution in [0, 0.1) is 0 Å². The van der Waals surface area contributed by atoms with Crippen LogP contribution in [0.2, 0.25) is 0 Å². The van der Waals surface area contributed by atoms with Crippen LogP contribution in [0.4, 0.5) is 17.1 Å². The van der Waals surface area contributed by atoms with Gasteiger partial charge in [-0.05, 0) is 30.5 Å². The molecular formula is C17H17N3O2S. The van der Waals surface area contributed by atoms with Gasteiger partial charge >= 0.3 is 0 Å². The molecule has 23 heavy (non-hydrogen) atoms. The van der Waals surface area contributed by atoms with Gasteiger partial charge in [-0.1, -0.05) is 24.3 Å². The maximum atomic E-state index is 12.3. The van der Waals surface area contributed by atoms with Crippen molar-refractivity contribution in [2.45, 2.75) is 17.4 Å². The van der Waals surface area contributed by atoms with Gasteiger partial charge in [0.05, 0.1) is 23.5 Å². The lowest BCUT2D eigenvalue weighted by Crippen LogP contribution is -2.41. The molecule has 0 aliphatic carbocycles. The predicted octanol–water partition coefficient (Wildman–Crippen LogP) is 3.17. The molecule has 2 amide bonds. The molecule has 5 nitrogen and oxygen atoms in total. The van der Waals surface area contributed by atoms with Crippen molar-refractivity contribution in [1.29, 1.82) is 0 Å². The van der Waals surface area contributed by atoms with E-state index in [0.717, 1.165) is 22.0 Å².